The highest BCUT2D eigenvalue weighted by Gasteiger charge is 2.09. The Morgan fingerprint density at radius 2 is 1.82 bits per heavy atom. The Morgan fingerprint density at radius 3 is 2.54 bits per heavy atom. The van der Waals surface area contributed by atoms with Gasteiger partial charge in [0.15, 0.2) is 0 Å². The second-order valence-electron chi connectivity index (χ2n) is 6.86. The molecule has 0 fully saturated rings. The number of rotatable bonds is 9. The first-order valence-corrected chi connectivity index (χ1v) is 10.2. The van der Waals surface area contributed by atoms with Gasteiger partial charge in [-0.2, -0.15) is 0 Å². The zero-order valence-corrected chi connectivity index (χ0v) is 17.7. The molecule has 0 saturated carbocycles. The quantitative estimate of drug-likeness (QED) is 0.588. The SMILES string of the molecule is CCC(C)NC(=O)c1cccc(CNC(=O)CCCc2ccc(Cl)c(Cl)c2)c1. The first-order chi connectivity index (χ1) is 13.4. The standard InChI is InChI=1S/C22H26Cl2N2O2/c1-3-15(2)26-22(28)18-8-4-7-17(12-18)14-25-21(27)9-5-6-16-10-11-19(23)20(24)13-16/h4,7-8,10-13,15H,3,5-6,9,14H2,1-2H3,(H,25,27)(H,26,28). The van der Waals surface area contributed by atoms with E-state index >= 15 is 0 Å². The van der Waals surface area contributed by atoms with E-state index in [9.17, 15) is 9.59 Å². The third-order valence-electron chi connectivity index (χ3n) is 4.52. The molecule has 150 valence electrons. The van der Waals surface area contributed by atoms with Crippen molar-refractivity contribution in [3.05, 3.63) is 69.2 Å². The van der Waals surface area contributed by atoms with E-state index in [0.717, 1.165) is 30.4 Å². The van der Waals surface area contributed by atoms with Crippen LogP contribution in [0.1, 0.15) is 54.6 Å². The van der Waals surface area contributed by atoms with Crippen LogP contribution in [-0.4, -0.2) is 17.9 Å². The van der Waals surface area contributed by atoms with Gasteiger partial charge < -0.3 is 10.6 Å². The molecule has 28 heavy (non-hydrogen) atoms. The molecule has 0 aliphatic rings. The van der Waals surface area contributed by atoms with Gasteiger partial charge in [0.25, 0.3) is 5.91 Å². The fourth-order valence-electron chi connectivity index (χ4n) is 2.67. The van der Waals surface area contributed by atoms with Crippen LogP contribution in [-0.2, 0) is 17.8 Å². The topological polar surface area (TPSA) is 58.2 Å². The fourth-order valence-corrected chi connectivity index (χ4v) is 2.99. The average molecular weight is 421 g/mol. The lowest BCUT2D eigenvalue weighted by Crippen LogP contribution is -2.32. The summed E-state index contributed by atoms with van der Waals surface area (Å²) in [5, 5.41) is 6.91. The minimum absolute atomic E-state index is 0.0190. The predicted octanol–water partition coefficient (Wildman–Crippen LogP) is 5.16. The lowest BCUT2D eigenvalue weighted by Gasteiger charge is -2.12. The molecule has 4 nitrogen and oxygen atoms in total. The molecule has 1 atom stereocenters. The number of amides is 2. The summed E-state index contributed by atoms with van der Waals surface area (Å²) in [6.07, 6.45) is 2.79. The summed E-state index contributed by atoms with van der Waals surface area (Å²) in [4.78, 5) is 24.3. The van der Waals surface area contributed by atoms with Gasteiger partial charge in [0.1, 0.15) is 0 Å². The minimum Gasteiger partial charge on any atom is -0.352 e. The Hall–Kier alpha value is -2.04. The Morgan fingerprint density at radius 1 is 1.04 bits per heavy atom. The number of aryl methyl sites for hydroxylation is 1. The van der Waals surface area contributed by atoms with E-state index in [1.165, 1.54) is 0 Å². The largest absolute Gasteiger partial charge is 0.352 e. The molecule has 0 aliphatic carbocycles. The number of hydrogen-bond acceptors (Lipinski definition) is 2. The van der Waals surface area contributed by atoms with Crippen molar-refractivity contribution in [2.45, 2.75) is 52.1 Å². The summed E-state index contributed by atoms with van der Waals surface area (Å²) in [6, 6.07) is 13.0. The molecule has 0 saturated heterocycles. The maximum absolute atomic E-state index is 12.2. The van der Waals surface area contributed by atoms with Crippen LogP contribution in [0, 0.1) is 0 Å². The summed E-state index contributed by atoms with van der Waals surface area (Å²) < 4.78 is 0. The molecule has 0 aliphatic heterocycles. The van der Waals surface area contributed by atoms with Crippen LogP contribution >= 0.6 is 23.2 Å². The van der Waals surface area contributed by atoms with Crippen LogP contribution in [0.2, 0.25) is 10.0 Å². The smallest absolute Gasteiger partial charge is 0.251 e. The number of carbonyl (C=O) groups is 2. The lowest BCUT2D eigenvalue weighted by atomic mass is 10.1. The van der Waals surface area contributed by atoms with Gasteiger partial charge in [-0.25, -0.2) is 0 Å². The summed E-state index contributed by atoms with van der Waals surface area (Å²) in [5.41, 5.74) is 2.56. The van der Waals surface area contributed by atoms with Crippen LogP contribution in [0.5, 0.6) is 0 Å². The maximum Gasteiger partial charge on any atom is 0.251 e. The molecule has 1 unspecified atom stereocenters. The molecule has 2 aromatic rings. The number of carbonyl (C=O) groups excluding carboxylic acids is 2. The lowest BCUT2D eigenvalue weighted by molar-refractivity contribution is -0.121. The molecule has 2 N–H and O–H groups in total. The first kappa shape index (κ1) is 22.3. The number of hydrogen-bond donors (Lipinski definition) is 2. The molecular formula is C22H26Cl2N2O2. The maximum atomic E-state index is 12.2. The second kappa shape index (κ2) is 11.1. The Balaban J connectivity index is 1.78. The van der Waals surface area contributed by atoms with Crippen molar-refractivity contribution in [3.8, 4) is 0 Å². The molecule has 6 heteroatoms. The second-order valence-corrected chi connectivity index (χ2v) is 7.68. The van der Waals surface area contributed by atoms with Gasteiger partial charge in [-0.15, -0.1) is 0 Å². The van der Waals surface area contributed by atoms with Crippen molar-refractivity contribution in [1.82, 2.24) is 10.6 Å². The summed E-state index contributed by atoms with van der Waals surface area (Å²) >= 11 is 11.9. The molecule has 0 aromatic heterocycles. The molecule has 0 bridgehead atoms. The monoisotopic (exact) mass is 420 g/mol. The van der Waals surface area contributed by atoms with Crippen LogP contribution in [0.25, 0.3) is 0 Å². The normalized spacial score (nSPS) is 11.7. The zero-order chi connectivity index (χ0) is 20.5. The Labute approximate surface area is 176 Å². The Kier molecular flexibility index (Phi) is 8.81. The van der Waals surface area contributed by atoms with E-state index in [4.69, 9.17) is 23.2 Å². The molecule has 0 heterocycles. The summed E-state index contributed by atoms with van der Waals surface area (Å²) in [5.74, 6) is -0.112. The number of halogens is 2. The first-order valence-electron chi connectivity index (χ1n) is 9.49. The van der Waals surface area contributed by atoms with Crippen LogP contribution in [0.3, 0.4) is 0 Å². The molecule has 2 aromatic carbocycles. The van der Waals surface area contributed by atoms with E-state index in [-0.39, 0.29) is 17.9 Å². The van der Waals surface area contributed by atoms with Crippen molar-refractivity contribution in [2.75, 3.05) is 0 Å². The van der Waals surface area contributed by atoms with E-state index in [2.05, 4.69) is 10.6 Å². The van der Waals surface area contributed by atoms with Gasteiger partial charge in [-0.3, -0.25) is 9.59 Å². The Bertz CT molecular complexity index is 824. The zero-order valence-electron chi connectivity index (χ0n) is 16.2. The molecule has 0 radical (unpaired) electrons. The highest BCUT2D eigenvalue weighted by Crippen LogP contribution is 2.23. The summed E-state index contributed by atoms with van der Waals surface area (Å²) in [7, 11) is 0. The van der Waals surface area contributed by atoms with Crippen molar-refractivity contribution < 1.29 is 9.59 Å². The number of nitrogens with one attached hydrogen (secondary N) is 2. The van der Waals surface area contributed by atoms with Crippen molar-refractivity contribution in [3.63, 3.8) is 0 Å². The molecule has 0 spiro atoms. The van der Waals surface area contributed by atoms with Crippen LogP contribution in [0.15, 0.2) is 42.5 Å². The van der Waals surface area contributed by atoms with E-state index < -0.39 is 0 Å². The average Bonchev–Trinajstić information content (AvgIpc) is 2.69. The van der Waals surface area contributed by atoms with Crippen molar-refractivity contribution in [2.24, 2.45) is 0 Å². The van der Waals surface area contributed by atoms with Gasteiger partial charge in [0, 0.05) is 24.6 Å². The highest BCUT2D eigenvalue weighted by atomic mass is 35.5. The predicted molar refractivity (Wildman–Crippen MR) is 115 cm³/mol. The van der Waals surface area contributed by atoms with Gasteiger partial charge in [0.05, 0.1) is 10.0 Å². The van der Waals surface area contributed by atoms with Crippen LogP contribution in [0.4, 0.5) is 0 Å². The molecular weight excluding hydrogens is 395 g/mol. The minimum atomic E-state index is -0.0934. The summed E-state index contributed by atoms with van der Waals surface area (Å²) in [6.45, 7) is 4.40. The number of benzene rings is 2. The third kappa shape index (κ3) is 7.17. The van der Waals surface area contributed by atoms with E-state index in [1.54, 1.807) is 12.1 Å². The molecule has 2 rings (SSSR count). The third-order valence-corrected chi connectivity index (χ3v) is 5.26. The van der Waals surface area contributed by atoms with Gasteiger partial charge in [0.2, 0.25) is 5.91 Å². The van der Waals surface area contributed by atoms with Crippen LogP contribution < -0.4 is 10.6 Å². The fraction of sp³-hybridized carbons (Fsp3) is 0.364. The van der Waals surface area contributed by atoms with Crippen molar-refractivity contribution in [1.29, 1.82) is 0 Å². The van der Waals surface area contributed by atoms with E-state index in [1.807, 2.05) is 44.2 Å². The molecule has 2 amide bonds. The van der Waals surface area contributed by atoms with Crippen molar-refractivity contribution >= 4 is 35.0 Å². The van der Waals surface area contributed by atoms with Gasteiger partial charge in [-0.1, -0.05) is 48.3 Å². The highest BCUT2D eigenvalue weighted by molar-refractivity contribution is 6.42. The van der Waals surface area contributed by atoms with Gasteiger partial charge in [-0.05, 0) is 61.6 Å². The van der Waals surface area contributed by atoms with E-state index in [0.29, 0.717) is 28.6 Å². The van der Waals surface area contributed by atoms with Gasteiger partial charge >= 0.3 is 0 Å².